The number of carbonyl (C=O) groups excluding carboxylic acids is 1. The molecule has 0 aromatic heterocycles. The molecule has 2 aromatic carbocycles. The minimum Gasteiger partial charge on any atom is -0.380 e. The highest BCUT2D eigenvalue weighted by Crippen LogP contribution is 2.24. The predicted molar refractivity (Wildman–Crippen MR) is 123 cm³/mol. The third kappa shape index (κ3) is 7.51. The van der Waals surface area contributed by atoms with Crippen LogP contribution >= 0.6 is 11.6 Å². The molecule has 0 spiro atoms. The second-order valence-corrected chi connectivity index (χ2v) is 8.66. The number of Topliss-reactive ketones (excluding diaryl/α,β-unsaturated/α-hetero) is 1. The lowest BCUT2D eigenvalue weighted by molar-refractivity contribution is -0.125. The van der Waals surface area contributed by atoms with Crippen LogP contribution in [0.5, 0.6) is 0 Å². The number of halogens is 1. The predicted octanol–water partition coefficient (Wildman–Crippen LogP) is 6.58. The molecule has 0 atom stereocenters. The van der Waals surface area contributed by atoms with E-state index in [0.29, 0.717) is 18.7 Å². The largest absolute Gasteiger partial charge is 0.380 e. The molecule has 2 aromatic rings. The van der Waals surface area contributed by atoms with Crippen LogP contribution in [0.25, 0.3) is 5.70 Å². The van der Waals surface area contributed by atoms with Crippen LogP contribution in [-0.4, -0.2) is 11.5 Å². The highest BCUT2D eigenvalue weighted by molar-refractivity contribution is 6.30. The molecule has 0 aliphatic heterocycles. The van der Waals surface area contributed by atoms with Gasteiger partial charge in [0.1, 0.15) is 5.78 Å². The smallest absolute Gasteiger partial charge is 0.135 e. The summed E-state index contributed by atoms with van der Waals surface area (Å²) in [6.07, 6.45) is 4.16. The average Bonchev–Trinajstić information content (AvgIpc) is 2.67. The van der Waals surface area contributed by atoms with Gasteiger partial charge in [-0.15, -0.1) is 0 Å². The number of rotatable bonds is 10. The maximum absolute atomic E-state index is 11.7. The molecule has 0 saturated heterocycles. The first-order valence-corrected chi connectivity index (χ1v) is 10.4. The molecule has 29 heavy (non-hydrogen) atoms. The van der Waals surface area contributed by atoms with Gasteiger partial charge >= 0.3 is 0 Å². The summed E-state index contributed by atoms with van der Waals surface area (Å²) in [7, 11) is 0. The van der Waals surface area contributed by atoms with Crippen molar-refractivity contribution in [2.75, 3.05) is 0 Å². The molecule has 0 fully saturated rings. The van der Waals surface area contributed by atoms with Crippen molar-refractivity contribution in [2.24, 2.45) is 5.41 Å². The number of hydrogen-bond donors (Lipinski definition) is 2. The van der Waals surface area contributed by atoms with E-state index in [0.717, 1.165) is 34.7 Å². The van der Waals surface area contributed by atoms with Crippen LogP contribution in [0.3, 0.4) is 0 Å². The molecule has 4 heteroatoms. The zero-order valence-electron chi connectivity index (χ0n) is 17.8. The maximum atomic E-state index is 11.7. The van der Waals surface area contributed by atoms with Gasteiger partial charge in [0.2, 0.25) is 0 Å². The molecule has 0 heterocycles. The normalized spacial score (nSPS) is 12.0. The number of allylic oxidation sites excluding steroid dienone is 1. The second kappa shape index (κ2) is 10.4. The molecule has 0 amide bonds. The Hall–Kier alpha value is -2.39. The molecular formula is C25H31ClN2O. The van der Waals surface area contributed by atoms with Crippen LogP contribution in [0.15, 0.2) is 54.6 Å². The number of ketones is 1. The van der Waals surface area contributed by atoms with Gasteiger partial charge in [0.05, 0.1) is 0 Å². The van der Waals surface area contributed by atoms with E-state index in [1.54, 1.807) is 6.92 Å². The fourth-order valence-electron chi connectivity index (χ4n) is 2.91. The first kappa shape index (κ1) is 22.9. The molecule has 3 nitrogen and oxygen atoms in total. The van der Waals surface area contributed by atoms with Gasteiger partial charge in [-0.25, -0.2) is 0 Å². The summed E-state index contributed by atoms with van der Waals surface area (Å²) < 4.78 is 0. The summed E-state index contributed by atoms with van der Waals surface area (Å²) in [6.45, 7) is 8.30. The van der Waals surface area contributed by atoms with Crippen LogP contribution in [0.4, 0.5) is 0 Å². The number of hydrogen-bond acceptors (Lipinski definition) is 3. The summed E-state index contributed by atoms with van der Waals surface area (Å²) in [5, 5.41) is 12.6. The minimum absolute atomic E-state index is 0.199. The Balaban J connectivity index is 2.09. The fourth-order valence-corrected chi connectivity index (χ4v) is 3.04. The van der Waals surface area contributed by atoms with Gasteiger partial charge in [-0.05, 0) is 62.4 Å². The molecule has 0 aliphatic rings. The summed E-state index contributed by atoms with van der Waals surface area (Å²) in [6, 6.07) is 16.1. The second-order valence-electron chi connectivity index (χ2n) is 8.22. The van der Waals surface area contributed by atoms with Crippen molar-refractivity contribution in [1.82, 2.24) is 5.32 Å². The number of nitrogens with one attached hydrogen (secondary N) is 2. The fraction of sp³-hybridized carbons (Fsp3) is 0.360. The first-order valence-electron chi connectivity index (χ1n) is 10.0. The lowest BCUT2D eigenvalue weighted by atomic mass is 9.83. The molecule has 2 rings (SSSR count). The summed E-state index contributed by atoms with van der Waals surface area (Å²) in [4.78, 5) is 11.7. The van der Waals surface area contributed by atoms with Crippen LogP contribution < -0.4 is 5.32 Å². The van der Waals surface area contributed by atoms with Crippen molar-refractivity contribution >= 4 is 28.8 Å². The van der Waals surface area contributed by atoms with Crippen LogP contribution in [-0.2, 0) is 11.3 Å². The van der Waals surface area contributed by atoms with E-state index in [1.807, 2.05) is 44.2 Å². The van der Waals surface area contributed by atoms with Crippen molar-refractivity contribution in [3.05, 3.63) is 76.3 Å². The SMILES string of the molecule is CC(=O)C(C)(C)CCCC(=N)/C=C(\NCc1ccc(Cl)cc1)c1ccc(C)cc1. The molecule has 154 valence electrons. The number of carbonyl (C=O) groups is 1. The van der Waals surface area contributed by atoms with E-state index in [1.165, 1.54) is 5.56 Å². The quantitative estimate of drug-likeness (QED) is 0.434. The third-order valence-corrected chi connectivity index (χ3v) is 5.53. The van der Waals surface area contributed by atoms with E-state index in [4.69, 9.17) is 17.0 Å². The molecule has 0 saturated carbocycles. The van der Waals surface area contributed by atoms with Crippen molar-refractivity contribution in [3.8, 4) is 0 Å². The molecule has 0 unspecified atom stereocenters. The van der Waals surface area contributed by atoms with Gasteiger partial charge in [-0.1, -0.05) is 67.4 Å². The monoisotopic (exact) mass is 410 g/mol. The minimum atomic E-state index is -0.323. The van der Waals surface area contributed by atoms with Crippen molar-refractivity contribution in [1.29, 1.82) is 5.41 Å². The van der Waals surface area contributed by atoms with Crippen LogP contribution in [0.2, 0.25) is 5.02 Å². The highest BCUT2D eigenvalue weighted by atomic mass is 35.5. The zero-order valence-corrected chi connectivity index (χ0v) is 18.6. The molecule has 0 aliphatic carbocycles. The Kier molecular flexibility index (Phi) is 8.21. The van der Waals surface area contributed by atoms with E-state index in [2.05, 4.69) is 36.5 Å². The Morgan fingerprint density at radius 3 is 2.31 bits per heavy atom. The van der Waals surface area contributed by atoms with Gasteiger partial charge in [0.15, 0.2) is 0 Å². The molecule has 2 N–H and O–H groups in total. The Bertz CT molecular complexity index is 865. The zero-order chi connectivity index (χ0) is 21.4. The molecule has 0 bridgehead atoms. The summed E-state index contributed by atoms with van der Waals surface area (Å²) in [5.74, 6) is 0.199. The molecule has 0 radical (unpaired) electrons. The average molecular weight is 411 g/mol. The first-order chi connectivity index (χ1) is 13.7. The summed E-state index contributed by atoms with van der Waals surface area (Å²) >= 11 is 5.97. The van der Waals surface area contributed by atoms with E-state index in [9.17, 15) is 4.79 Å². The number of benzene rings is 2. The van der Waals surface area contributed by atoms with Crippen molar-refractivity contribution in [2.45, 2.75) is 53.5 Å². The van der Waals surface area contributed by atoms with E-state index < -0.39 is 0 Å². The topological polar surface area (TPSA) is 53.0 Å². The Labute approximate surface area is 179 Å². The lowest BCUT2D eigenvalue weighted by Crippen LogP contribution is -2.21. The Morgan fingerprint density at radius 2 is 1.72 bits per heavy atom. The van der Waals surface area contributed by atoms with Gasteiger partial charge in [-0.3, -0.25) is 4.79 Å². The van der Waals surface area contributed by atoms with Crippen molar-refractivity contribution in [3.63, 3.8) is 0 Å². The lowest BCUT2D eigenvalue weighted by Gasteiger charge is -2.20. The van der Waals surface area contributed by atoms with E-state index in [-0.39, 0.29) is 11.2 Å². The van der Waals surface area contributed by atoms with Gasteiger partial charge in [0, 0.05) is 28.4 Å². The van der Waals surface area contributed by atoms with Gasteiger partial charge in [0.25, 0.3) is 0 Å². The molecular weight excluding hydrogens is 380 g/mol. The van der Waals surface area contributed by atoms with Crippen LogP contribution in [0.1, 0.15) is 56.7 Å². The highest BCUT2D eigenvalue weighted by Gasteiger charge is 2.22. The van der Waals surface area contributed by atoms with Gasteiger partial charge < -0.3 is 10.7 Å². The third-order valence-electron chi connectivity index (χ3n) is 5.28. The maximum Gasteiger partial charge on any atom is 0.135 e. The summed E-state index contributed by atoms with van der Waals surface area (Å²) in [5.41, 5.74) is 4.54. The van der Waals surface area contributed by atoms with E-state index >= 15 is 0 Å². The van der Waals surface area contributed by atoms with Gasteiger partial charge in [-0.2, -0.15) is 0 Å². The van der Waals surface area contributed by atoms with Crippen molar-refractivity contribution < 1.29 is 4.79 Å². The number of aryl methyl sites for hydroxylation is 1. The van der Waals surface area contributed by atoms with Crippen LogP contribution in [0, 0.1) is 17.7 Å². The standard InChI is InChI=1S/C25H31ClN2O/c1-18-7-11-21(12-8-18)24(28-17-20-9-13-22(26)14-10-20)16-23(27)6-5-15-25(3,4)19(2)29/h7-14,16,27-28H,5-6,15,17H2,1-4H3/b24-16-,27-23?. The Morgan fingerprint density at radius 1 is 1.10 bits per heavy atom.